The van der Waals surface area contributed by atoms with E-state index >= 15 is 0 Å². The Morgan fingerprint density at radius 3 is 2.76 bits per heavy atom. The number of likely N-dealkylation sites (N-methyl/N-ethyl adjacent to an activating group) is 2. The zero-order valence-electron chi connectivity index (χ0n) is 10.7. The van der Waals surface area contributed by atoms with Gasteiger partial charge in [0, 0.05) is 26.2 Å². The molecule has 94 valence electrons. The predicted octanol–water partition coefficient (Wildman–Crippen LogP) is 0.399. The zero-order valence-corrected chi connectivity index (χ0v) is 10.7. The van der Waals surface area contributed by atoms with Crippen LogP contribution in [0.15, 0.2) is 6.33 Å². The molecule has 0 aliphatic rings. The fourth-order valence-corrected chi connectivity index (χ4v) is 1.54. The van der Waals surface area contributed by atoms with Gasteiger partial charge >= 0.3 is 0 Å². The van der Waals surface area contributed by atoms with Gasteiger partial charge in [-0.15, -0.1) is 0 Å². The number of carbonyl (C=O) groups excluding carboxylic acids is 1. The first-order valence-electron chi connectivity index (χ1n) is 5.57. The van der Waals surface area contributed by atoms with E-state index in [2.05, 4.69) is 20.6 Å². The molecule has 0 fully saturated rings. The molecule has 0 unspecified atom stereocenters. The van der Waals surface area contributed by atoms with Gasteiger partial charge in [-0.25, -0.2) is 9.97 Å². The highest BCUT2D eigenvalue weighted by Crippen LogP contribution is 2.20. The molecular weight excluding hydrogens is 218 g/mol. The maximum Gasteiger partial charge on any atom is 0.239 e. The van der Waals surface area contributed by atoms with Crippen LogP contribution < -0.4 is 15.5 Å². The lowest BCUT2D eigenvalue weighted by atomic mass is 10.3. The summed E-state index contributed by atoms with van der Waals surface area (Å²) >= 11 is 0. The molecule has 1 aromatic heterocycles. The van der Waals surface area contributed by atoms with Gasteiger partial charge in [0.2, 0.25) is 5.91 Å². The monoisotopic (exact) mass is 237 g/mol. The van der Waals surface area contributed by atoms with Gasteiger partial charge in [-0.2, -0.15) is 0 Å². The minimum atomic E-state index is -0.0458. The van der Waals surface area contributed by atoms with Gasteiger partial charge in [0.1, 0.15) is 18.0 Å². The van der Waals surface area contributed by atoms with E-state index in [4.69, 9.17) is 0 Å². The topological polar surface area (TPSA) is 70.2 Å². The molecule has 1 aromatic rings. The summed E-state index contributed by atoms with van der Waals surface area (Å²) in [6.45, 7) is 5.03. The van der Waals surface area contributed by atoms with Gasteiger partial charge in [-0.3, -0.25) is 4.79 Å². The number of amides is 1. The molecule has 1 rings (SSSR count). The third-order valence-electron chi connectivity index (χ3n) is 2.42. The summed E-state index contributed by atoms with van der Waals surface area (Å²) in [5, 5.41) is 5.75. The van der Waals surface area contributed by atoms with Crippen molar-refractivity contribution in [3.8, 4) is 0 Å². The molecule has 0 saturated carbocycles. The van der Waals surface area contributed by atoms with Crippen LogP contribution in [0.2, 0.25) is 0 Å². The summed E-state index contributed by atoms with van der Waals surface area (Å²) in [7, 11) is 3.45. The highest BCUT2D eigenvalue weighted by atomic mass is 16.1. The first-order valence-corrected chi connectivity index (χ1v) is 5.57. The number of nitrogens with one attached hydrogen (secondary N) is 2. The van der Waals surface area contributed by atoms with E-state index in [0.29, 0.717) is 0 Å². The van der Waals surface area contributed by atoms with Gasteiger partial charge in [0.25, 0.3) is 0 Å². The van der Waals surface area contributed by atoms with Crippen LogP contribution in [0.25, 0.3) is 0 Å². The molecule has 0 bridgehead atoms. The van der Waals surface area contributed by atoms with Crippen LogP contribution >= 0.6 is 0 Å². The summed E-state index contributed by atoms with van der Waals surface area (Å²) in [6, 6.07) is 0. The molecule has 0 aliphatic carbocycles. The fourth-order valence-electron chi connectivity index (χ4n) is 1.54. The van der Waals surface area contributed by atoms with Gasteiger partial charge in [-0.1, -0.05) is 0 Å². The first kappa shape index (κ1) is 13.2. The predicted molar refractivity (Wildman–Crippen MR) is 68.3 cm³/mol. The van der Waals surface area contributed by atoms with E-state index in [0.717, 1.165) is 23.7 Å². The summed E-state index contributed by atoms with van der Waals surface area (Å²) in [6.07, 6.45) is 1.50. The van der Waals surface area contributed by atoms with Crippen molar-refractivity contribution in [2.75, 3.05) is 37.4 Å². The molecule has 6 nitrogen and oxygen atoms in total. The zero-order chi connectivity index (χ0) is 12.8. The number of carbonyl (C=O) groups is 1. The smallest absolute Gasteiger partial charge is 0.239 e. The Morgan fingerprint density at radius 2 is 2.18 bits per heavy atom. The molecule has 0 saturated heterocycles. The van der Waals surface area contributed by atoms with Crippen LogP contribution in [0.3, 0.4) is 0 Å². The third kappa shape index (κ3) is 3.30. The number of rotatable bonds is 5. The van der Waals surface area contributed by atoms with E-state index in [9.17, 15) is 4.79 Å². The molecule has 0 atom stereocenters. The highest BCUT2D eigenvalue weighted by Gasteiger charge is 2.12. The maximum atomic E-state index is 11.3. The number of nitrogens with zero attached hydrogens (tertiary/aromatic N) is 3. The van der Waals surface area contributed by atoms with Gasteiger partial charge in [-0.05, 0) is 13.8 Å². The summed E-state index contributed by atoms with van der Waals surface area (Å²) in [4.78, 5) is 21.5. The average molecular weight is 237 g/mol. The van der Waals surface area contributed by atoms with Crippen molar-refractivity contribution in [3.05, 3.63) is 11.9 Å². The Balaban J connectivity index is 2.89. The van der Waals surface area contributed by atoms with Crippen LogP contribution in [0.1, 0.15) is 12.5 Å². The Labute approximate surface area is 101 Å². The second-order valence-electron chi connectivity index (χ2n) is 3.73. The Morgan fingerprint density at radius 1 is 1.47 bits per heavy atom. The molecule has 2 N–H and O–H groups in total. The van der Waals surface area contributed by atoms with E-state index < -0.39 is 0 Å². The second-order valence-corrected chi connectivity index (χ2v) is 3.73. The van der Waals surface area contributed by atoms with Gasteiger partial charge in [0.05, 0.1) is 6.54 Å². The second kappa shape index (κ2) is 6.03. The van der Waals surface area contributed by atoms with Gasteiger partial charge < -0.3 is 15.5 Å². The molecule has 6 heteroatoms. The van der Waals surface area contributed by atoms with Crippen molar-refractivity contribution >= 4 is 17.5 Å². The quantitative estimate of drug-likeness (QED) is 0.775. The number of aromatic nitrogens is 2. The van der Waals surface area contributed by atoms with Crippen LogP contribution in [-0.2, 0) is 4.79 Å². The molecule has 1 heterocycles. The summed E-state index contributed by atoms with van der Waals surface area (Å²) < 4.78 is 0. The number of anilines is 2. The molecule has 0 radical (unpaired) electrons. The van der Waals surface area contributed by atoms with Crippen molar-refractivity contribution in [1.82, 2.24) is 15.3 Å². The summed E-state index contributed by atoms with van der Waals surface area (Å²) in [5.74, 6) is 1.52. The normalized spacial score (nSPS) is 9.88. The standard InChI is InChI=1S/C11H19N5O/c1-5-13-10-8(2)11(15-7-14-10)16(4)6-9(17)12-3/h7H,5-6H2,1-4H3,(H,12,17)(H,13,14,15). The number of hydrogen-bond acceptors (Lipinski definition) is 5. The van der Waals surface area contributed by atoms with Crippen molar-refractivity contribution in [3.63, 3.8) is 0 Å². The minimum Gasteiger partial charge on any atom is -0.370 e. The molecule has 0 aliphatic heterocycles. The highest BCUT2D eigenvalue weighted by molar-refractivity contribution is 5.81. The van der Waals surface area contributed by atoms with E-state index in [1.54, 1.807) is 11.9 Å². The molecular formula is C11H19N5O. The fraction of sp³-hybridized carbons (Fsp3) is 0.545. The number of hydrogen-bond donors (Lipinski definition) is 2. The Bertz CT molecular complexity index is 393. The SMILES string of the molecule is CCNc1ncnc(N(C)CC(=O)NC)c1C. The van der Waals surface area contributed by atoms with Crippen molar-refractivity contribution in [2.24, 2.45) is 0 Å². The summed E-state index contributed by atoms with van der Waals surface area (Å²) in [5.41, 5.74) is 0.945. The molecule has 1 amide bonds. The minimum absolute atomic E-state index is 0.0458. The molecule has 17 heavy (non-hydrogen) atoms. The van der Waals surface area contributed by atoms with Gasteiger partial charge in [0.15, 0.2) is 0 Å². The van der Waals surface area contributed by atoms with E-state index in [1.165, 1.54) is 6.33 Å². The Kier molecular flexibility index (Phi) is 4.68. The first-order chi connectivity index (χ1) is 8.10. The van der Waals surface area contributed by atoms with Crippen LogP contribution in [0.5, 0.6) is 0 Å². The van der Waals surface area contributed by atoms with Crippen LogP contribution in [0, 0.1) is 6.92 Å². The van der Waals surface area contributed by atoms with E-state index in [1.807, 2.05) is 20.9 Å². The largest absolute Gasteiger partial charge is 0.370 e. The maximum absolute atomic E-state index is 11.3. The lowest BCUT2D eigenvalue weighted by Gasteiger charge is -2.20. The van der Waals surface area contributed by atoms with Crippen LogP contribution in [-0.4, -0.2) is 43.1 Å². The molecule has 0 spiro atoms. The van der Waals surface area contributed by atoms with Crippen LogP contribution in [0.4, 0.5) is 11.6 Å². The van der Waals surface area contributed by atoms with Crippen molar-refractivity contribution in [1.29, 1.82) is 0 Å². The average Bonchev–Trinajstić information content (AvgIpc) is 2.31. The van der Waals surface area contributed by atoms with E-state index in [-0.39, 0.29) is 12.5 Å². The lowest BCUT2D eigenvalue weighted by molar-refractivity contribution is -0.119. The third-order valence-corrected chi connectivity index (χ3v) is 2.42. The van der Waals surface area contributed by atoms with Crippen molar-refractivity contribution in [2.45, 2.75) is 13.8 Å². The van der Waals surface area contributed by atoms with Crippen molar-refractivity contribution < 1.29 is 4.79 Å². The Hall–Kier alpha value is -1.85. The lowest BCUT2D eigenvalue weighted by Crippen LogP contribution is -2.33. The molecule has 0 aromatic carbocycles.